The number of thiazole rings is 1. The molecule has 20 heavy (non-hydrogen) atoms. The first-order valence-electron chi connectivity index (χ1n) is 6.15. The van der Waals surface area contributed by atoms with Crippen LogP contribution >= 0.6 is 11.3 Å². The highest BCUT2D eigenvalue weighted by Crippen LogP contribution is 2.29. The number of rotatable bonds is 1. The molecule has 0 amide bonds. The van der Waals surface area contributed by atoms with Crippen molar-refractivity contribution in [3.8, 4) is 11.4 Å². The molecule has 98 valence electrons. The molecule has 5 nitrogen and oxygen atoms in total. The van der Waals surface area contributed by atoms with Gasteiger partial charge in [-0.15, -0.1) is 0 Å². The molecule has 6 heteroatoms. The molecule has 4 aromatic rings. The first-order chi connectivity index (χ1) is 9.72. The lowest BCUT2D eigenvalue weighted by atomic mass is 10.2. The molecule has 0 atom stereocenters. The molecule has 3 aromatic heterocycles. The summed E-state index contributed by atoms with van der Waals surface area (Å²) < 4.78 is 3.12. The molecule has 2 N–H and O–H groups in total. The third-order valence-corrected chi connectivity index (χ3v) is 4.19. The van der Waals surface area contributed by atoms with Crippen LogP contribution in [0.1, 0.15) is 0 Å². The molecule has 0 radical (unpaired) electrons. The molecule has 0 aliphatic rings. The van der Waals surface area contributed by atoms with Crippen LogP contribution in [0.3, 0.4) is 0 Å². The first-order valence-corrected chi connectivity index (χ1v) is 6.97. The van der Waals surface area contributed by atoms with E-state index in [1.807, 2.05) is 36.0 Å². The fraction of sp³-hybridized carbons (Fsp3) is 0.0714. The maximum absolute atomic E-state index is 5.75. The summed E-state index contributed by atoms with van der Waals surface area (Å²) in [7, 11) is 2.00. The Morgan fingerprint density at radius 1 is 1.15 bits per heavy atom. The second-order valence-corrected chi connectivity index (χ2v) is 5.66. The molecule has 0 saturated heterocycles. The Bertz CT molecular complexity index is 937. The Balaban J connectivity index is 1.97. The number of fused-ring (bicyclic) bond motifs is 2. The van der Waals surface area contributed by atoms with Crippen LogP contribution in [0.15, 0.2) is 36.7 Å². The van der Waals surface area contributed by atoms with Gasteiger partial charge in [0.1, 0.15) is 5.82 Å². The Labute approximate surface area is 118 Å². The average molecular weight is 281 g/mol. The number of imidazole rings is 1. The highest BCUT2D eigenvalue weighted by molar-refractivity contribution is 7.22. The minimum Gasteiger partial charge on any atom is -0.375 e. The van der Waals surface area contributed by atoms with E-state index in [2.05, 4.69) is 21.0 Å². The third kappa shape index (κ3) is 1.58. The normalized spacial score (nSPS) is 11.4. The predicted molar refractivity (Wildman–Crippen MR) is 81.5 cm³/mol. The van der Waals surface area contributed by atoms with Crippen molar-refractivity contribution in [2.45, 2.75) is 0 Å². The molecule has 3 heterocycles. The van der Waals surface area contributed by atoms with Gasteiger partial charge >= 0.3 is 0 Å². The van der Waals surface area contributed by atoms with E-state index >= 15 is 0 Å². The number of pyridine rings is 1. The van der Waals surface area contributed by atoms with Gasteiger partial charge in [-0.05, 0) is 24.3 Å². The van der Waals surface area contributed by atoms with Crippen LogP contribution in [0.25, 0.3) is 32.6 Å². The zero-order valence-corrected chi connectivity index (χ0v) is 11.6. The molecule has 4 rings (SSSR count). The van der Waals surface area contributed by atoms with E-state index in [-0.39, 0.29) is 0 Å². The van der Waals surface area contributed by atoms with Gasteiger partial charge < -0.3 is 10.3 Å². The quantitative estimate of drug-likeness (QED) is 0.582. The number of nitrogen functional groups attached to an aromatic ring is 1. The zero-order chi connectivity index (χ0) is 13.7. The number of aromatic nitrogens is 4. The molecular weight excluding hydrogens is 270 g/mol. The number of hydrogen-bond acceptors (Lipinski definition) is 5. The Kier molecular flexibility index (Phi) is 2.28. The maximum Gasteiger partial charge on any atom is 0.181 e. The largest absolute Gasteiger partial charge is 0.375 e. The van der Waals surface area contributed by atoms with Crippen LogP contribution in [0.2, 0.25) is 0 Å². The smallest absolute Gasteiger partial charge is 0.181 e. The van der Waals surface area contributed by atoms with E-state index in [1.54, 1.807) is 6.20 Å². The lowest BCUT2D eigenvalue weighted by molar-refractivity contribution is 0.957. The van der Waals surface area contributed by atoms with E-state index in [4.69, 9.17) is 5.73 Å². The summed E-state index contributed by atoms with van der Waals surface area (Å²) in [6.45, 7) is 0. The van der Waals surface area contributed by atoms with E-state index in [0.29, 0.717) is 5.13 Å². The number of aryl methyl sites for hydroxylation is 1. The monoisotopic (exact) mass is 281 g/mol. The molecule has 1 aromatic carbocycles. The van der Waals surface area contributed by atoms with Crippen LogP contribution in [-0.4, -0.2) is 19.5 Å². The highest BCUT2D eigenvalue weighted by atomic mass is 32.1. The summed E-state index contributed by atoms with van der Waals surface area (Å²) in [4.78, 5) is 13.1. The minimum absolute atomic E-state index is 0.589. The van der Waals surface area contributed by atoms with E-state index in [1.165, 1.54) is 11.3 Å². The maximum atomic E-state index is 5.75. The van der Waals surface area contributed by atoms with E-state index in [0.717, 1.165) is 32.6 Å². The Hall–Kier alpha value is -2.47. The third-order valence-electron chi connectivity index (χ3n) is 3.35. The lowest BCUT2D eigenvalue weighted by Gasteiger charge is -2.02. The van der Waals surface area contributed by atoms with Gasteiger partial charge in [0.25, 0.3) is 0 Å². The van der Waals surface area contributed by atoms with Crippen molar-refractivity contribution in [1.82, 2.24) is 19.5 Å². The number of anilines is 1. The molecule has 0 aliphatic carbocycles. The molecule has 0 saturated carbocycles. The van der Waals surface area contributed by atoms with Crippen molar-refractivity contribution in [3.63, 3.8) is 0 Å². The number of nitrogens with two attached hydrogens (primary N) is 1. The SMILES string of the molecule is Cn1c(-c2ccc3nc(N)sc3c2)nc2ccncc21. The zero-order valence-electron chi connectivity index (χ0n) is 10.7. The Morgan fingerprint density at radius 3 is 2.90 bits per heavy atom. The molecule has 0 fully saturated rings. The van der Waals surface area contributed by atoms with Crippen LogP contribution in [-0.2, 0) is 7.05 Å². The summed E-state index contributed by atoms with van der Waals surface area (Å²) in [6, 6.07) is 8.01. The van der Waals surface area contributed by atoms with Crippen molar-refractivity contribution >= 4 is 37.7 Å². The standard InChI is InChI=1S/C14H11N5S/c1-19-11-7-16-5-4-9(11)17-13(19)8-2-3-10-12(6-8)20-14(15)18-10/h2-7H,1H3,(H2,15,18). The summed E-state index contributed by atoms with van der Waals surface area (Å²) in [6.07, 6.45) is 3.58. The van der Waals surface area contributed by atoms with Gasteiger partial charge in [0.05, 0.1) is 27.4 Å². The lowest BCUT2D eigenvalue weighted by Crippen LogP contribution is -1.92. The van der Waals surface area contributed by atoms with E-state index in [9.17, 15) is 0 Å². The van der Waals surface area contributed by atoms with Gasteiger partial charge in [0.15, 0.2) is 5.13 Å². The van der Waals surface area contributed by atoms with Gasteiger partial charge in [-0.1, -0.05) is 11.3 Å². The van der Waals surface area contributed by atoms with Crippen LogP contribution < -0.4 is 5.73 Å². The van der Waals surface area contributed by atoms with Crippen LogP contribution in [0.5, 0.6) is 0 Å². The van der Waals surface area contributed by atoms with Gasteiger partial charge in [0.2, 0.25) is 0 Å². The molecule has 0 bridgehead atoms. The molecule has 0 spiro atoms. The second kappa shape index (κ2) is 4.01. The first kappa shape index (κ1) is 11.4. The van der Waals surface area contributed by atoms with Crippen molar-refractivity contribution in [1.29, 1.82) is 0 Å². The van der Waals surface area contributed by atoms with E-state index < -0.39 is 0 Å². The van der Waals surface area contributed by atoms with Crippen molar-refractivity contribution < 1.29 is 0 Å². The summed E-state index contributed by atoms with van der Waals surface area (Å²) >= 11 is 1.49. The molecule has 0 aliphatic heterocycles. The average Bonchev–Trinajstić information content (AvgIpc) is 2.98. The predicted octanol–water partition coefficient (Wildman–Crippen LogP) is 2.83. The summed E-state index contributed by atoms with van der Waals surface area (Å²) in [5.41, 5.74) is 9.70. The minimum atomic E-state index is 0.589. The fourth-order valence-corrected chi connectivity index (χ4v) is 3.15. The molecule has 0 unspecified atom stereocenters. The highest BCUT2D eigenvalue weighted by Gasteiger charge is 2.11. The number of nitrogens with zero attached hydrogens (tertiary/aromatic N) is 4. The van der Waals surface area contributed by atoms with Gasteiger partial charge in [-0.3, -0.25) is 4.98 Å². The topological polar surface area (TPSA) is 69.6 Å². The van der Waals surface area contributed by atoms with Gasteiger partial charge in [0, 0.05) is 18.8 Å². The van der Waals surface area contributed by atoms with Crippen molar-refractivity contribution in [2.75, 3.05) is 5.73 Å². The van der Waals surface area contributed by atoms with Crippen molar-refractivity contribution in [2.24, 2.45) is 7.05 Å². The number of benzene rings is 1. The summed E-state index contributed by atoms with van der Waals surface area (Å²) in [5, 5.41) is 0.589. The van der Waals surface area contributed by atoms with Crippen molar-refractivity contribution in [3.05, 3.63) is 36.7 Å². The second-order valence-electron chi connectivity index (χ2n) is 4.59. The molecular formula is C14H11N5S. The van der Waals surface area contributed by atoms with Crippen LogP contribution in [0, 0.1) is 0 Å². The Morgan fingerprint density at radius 2 is 2.05 bits per heavy atom. The summed E-state index contributed by atoms with van der Waals surface area (Å²) in [5.74, 6) is 0.918. The van der Waals surface area contributed by atoms with Gasteiger partial charge in [-0.25, -0.2) is 9.97 Å². The van der Waals surface area contributed by atoms with Gasteiger partial charge in [-0.2, -0.15) is 0 Å². The number of hydrogen-bond donors (Lipinski definition) is 1. The fourth-order valence-electron chi connectivity index (χ4n) is 2.37. The van der Waals surface area contributed by atoms with Crippen LogP contribution in [0.4, 0.5) is 5.13 Å².